The number of quaternary nitrogens is 1. The standard InChI is InChI=1S/C12H23NO5S.C11H20N4O2.C11H21NO3.C8H13N5O2.C6H12N4.C6H13NO.C4H7NO2.CH3ClO2S.ClH.H2O/c1-12(2,3)18-11(14)13-7-5-10(6-8-13)9-17-19(4,15)16;1-11(2,3)17-10(16)15-6-4-9(5-7-15)8-13-14-12;1-11(2,3)15-10(14)12-6-4-9(8-13)5-7-12;9-12-10-5-7-1-3-13(4-2-7)8(14)6-11-15;7-10-9-5-6-1-3-8-4-2-6;8-5-6-1-3-7-4-2-6;1-2-7-4(6)3-5;1-5(2,3)4;;/h10H,5-9H2,1-4H3;9H,4-8H2,1-3H3;9,13H,4-8H2,1-3H3;6-7,15H,1-5H2;6,8H,1-5H2;6-8H,1-5H2;3,5H,2H2,1H3;1H3;1H;1H2/b;;;11-6+;;;;;;. The molecule has 35 nitrogen and oxygen atoms in total. The van der Waals surface area contributed by atoms with Gasteiger partial charge in [-0.3, -0.25) is 8.98 Å². The van der Waals surface area contributed by atoms with Gasteiger partial charge in [0.05, 0.1) is 38.8 Å². The van der Waals surface area contributed by atoms with Gasteiger partial charge in [0.1, 0.15) is 29.2 Å². The number of hydrogen-bond donors (Lipinski definition) is 6. The molecule has 0 radical (unpaired) electrons. The average Bonchev–Trinajstić information content (AvgIpc) is 0.931. The zero-order valence-corrected chi connectivity index (χ0v) is 62.7. The Bertz CT molecular complexity index is 2630. The fourth-order valence-electron chi connectivity index (χ4n) is 9.43. The molecule has 98 heavy (non-hydrogen) atoms. The van der Waals surface area contributed by atoms with E-state index in [1.54, 1.807) is 26.5 Å². The number of nitrogens with one attached hydrogen (secondary N) is 2. The molecule has 570 valence electrons. The van der Waals surface area contributed by atoms with Gasteiger partial charge in [-0.1, -0.05) is 20.5 Å². The van der Waals surface area contributed by atoms with E-state index in [0.29, 0.717) is 121 Å². The van der Waals surface area contributed by atoms with Crippen LogP contribution in [0.25, 0.3) is 31.3 Å². The summed E-state index contributed by atoms with van der Waals surface area (Å²) in [6.07, 6.45) is 14.0. The van der Waals surface area contributed by atoms with Crippen LogP contribution in [0.1, 0.15) is 146 Å². The van der Waals surface area contributed by atoms with Crippen LogP contribution in [-0.2, 0) is 51.9 Å². The van der Waals surface area contributed by atoms with Crippen molar-refractivity contribution in [3.8, 4) is 0 Å². The number of oxime groups is 1. The molecule has 0 atom stereocenters. The first kappa shape index (κ1) is 98.4. The Kier molecular flexibility index (Phi) is 55.1. The normalized spacial score (nSPS) is 17.3. The summed E-state index contributed by atoms with van der Waals surface area (Å²) in [4.78, 5) is 71.3. The van der Waals surface area contributed by atoms with Gasteiger partial charge in [-0.15, -0.1) is 0 Å². The lowest BCUT2D eigenvalue weighted by molar-refractivity contribution is -0.664. The summed E-state index contributed by atoms with van der Waals surface area (Å²) in [5.74, 6) is 1.65. The van der Waals surface area contributed by atoms with Crippen LogP contribution in [0.4, 0.5) is 14.4 Å². The zero-order valence-electron chi connectivity index (χ0n) is 59.5. The number of nitrogens with two attached hydrogens (primary N) is 1. The fraction of sp³-hybridized carbons (Fsp3) is 0.881. The fourth-order valence-corrected chi connectivity index (χ4v) is 9.87. The topological polar surface area (TPSA) is 516 Å². The van der Waals surface area contributed by atoms with E-state index in [2.05, 4.69) is 61.3 Å². The molecule has 0 aliphatic carbocycles. The van der Waals surface area contributed by atoms with Crippen LogP contribution in [-0.4, -0.2) is 254 Å². The largest absolute Gasteiger partial charge is 1.00 e. The third-order valence-electron chi connectivity index (χ3n) is 14.6. The number of carbonyl (C=O) groups excluding carboxylic acids is 5. The minimum absolute atomic E-state index is 0. The van der Waals surface area contributed by atoms with Gasteiger partial charge in [0.25, 0.3) is 16.0 Å². The highest BCUT2D eigenvalue weighted by Gasteiger charge is 2.30. The summed E-state index contributed by atoms with van der Waals surface area (Å²) in [5, 5.41) is 51.0. The second-order valence-corrected chi connectivity index (χ2v) is 31.1. The molecule has 6 aliphatic heterocycles. The summed E-state index contributed by atoms with van der Waals surface area (Å²) in [5.41, 5.74) is 23.1. The minimum Gasteiger partial charge on any atom is -1.00 e. The van der Waals surface area contributed by atoms with Crippen molar-refractivity contribution in [1.29, 1.82) is 5.41 Å². The van der Waals surface area contributed by atoms with E-state index in [1.165, 1.54) is 25.9 Å². The van der Waals surface area contributed by atoms with Gasteiger partial charge in [0.2, 0.25) is 9.05 Å². The lowest BCUT2D eigenvalue weighted by Gasteiger charge is -2.33. The van der Waals surface area contributed by atoms with Crippen molar-refractivity contribution < 1.29 is 103 Å². The number of amides is 4. The van der Waals surface area contributed by atoms with Gasteiger partial charge in [-0.25, -0.2) is 27.6 Å². The molecule has 6 heterocycles. The van der Waals surface area contributed by atoms with Gasteiger partial charge < -0.3 is 87.9 Å². The van der Waals surface area contributed by atoms with Crippen molar-refractivity contribution in [2.45, 2.75) is 163 Å². The summed E-state index contributed by atoms with van der Waals surface area (Å²) >= 11 is 0. The van der Waals surface area contributed by atoms with Crippen LogP contribution in [0, 0.1) is 40.9 Å². The van der Waals surface area contributed by atoms with Crippen molar-refractivity contribution in [3.05, 3.63) is 31.3 Å². The smallest absolute Gasteiger partial charge is 0.410 e. The number of aliphatic hydroxyl groups excluding tert-OH is 2. The lowest BCUT2D eigenvalue weighted by Crippen LogP contribution is -3.00. The molecule has 6 saturated heterocycles. The van der Waals surface area contributed by atoms with E-state index in [1.807, 2.05) is 62.3 Å². The monoisotopic (exact) mass is 1480 g/mol. The Balaban J connectivity index is -0.000000528. The molecule has 39 heteroatoms. The molecule has 0 aromatic carbocycles. The van der Waals surface area contributed by atoms with Crippen LogP contribution < -0.4 is 23.0 Å². The number of carbonyl (C=O) groups is 5. The van der Waals surface area contributed by atoms with Gasteiger partial charge in [-0.05, 0) is 211 Å². The molecular formula is C59H115Cl2N17O18S2. The number of azide groups is 3. The molecular weight excluding hydrogens is 1370 g/mol. The first-order chi connectivity index (χ1) is 44.9. The quantitative estimate of drug-likeness (QED) is 0.0137. The second-order valence-electron chi connectivity index (χ2n) is 26.4. The van der Waals surface area contributed by atoms with Crippen LogP contribution >= 0.6 is 10.7 Å². The molecule has 0 spiro atoms. The highest BCUT2D eigenvalue weighted by atomic mass is 35.7. The Hall–Kier alpha value is -5.94. The number of rotatable bonds is 14. The summed E-state index contributed by atoms with van der Waals surface area (Å²) in [6.45, 7) is 30.9. The Morgan fingerprint density at radius 1 is 0.582 bits per heavy atom. The third-order valence-corrected chi connectivity index (χ3v) is 15.1. The highest BCUT2D eigenvalue weighted by Crippen LogP contribution is 2.23. The molecule has 4 amide bonds. The van der Waals surface area contributed by atoms with Crippen molar-refractivity contribution in [1.82, 2.24) is 24.9 Å². The second kappa shape index (κ2) is 54.8. The van der Waals surface area contributed by atoms with Crippen molar-refractivity contribution in [2.75, 3.05) is 137 Å². The van der Waals surface area contributed by atoms with E-state index < -0.39 is 41.9 Å². The Morgan fingerprint density at radius 2 is 0.888 bits per heavy atom. The number of likely N-dealkylation sites (tertiary alicyclic amines) is 4. The van der Waals surface area contributed by atoms with Gasteiger partial charge in [0, 0.05) is 111 Å². The highest BCUT2D eigenvalue weighted by molar-refractivity contribution is 8.13. The minimum atomic E-state index is -3.38. The van der Waals surface area contributed by atoms with E-state index in [4.69, 9.17) is 55.8 Å². The number of aliphatic hydroxyl groups is 2. The maximum Gasteiger partial charge on any atom is 0.410 e. The first-order valence-electron chi connectivity index (χ1n) is 32.4. The summed E-state index contributed by atoms with van der Waals surface area (Å²) in [6, 6.07) is 0. The molecule has 0 unspecified atom stereocenters. The predicted molar refractivity (Wildman–Crippen MR) is 368 cm³/mol. The first-order valence-corrected chi connectivity index (χ1v) is 37.0. The number of halogens is 2. The Morgan fingerprint density at radius 3 is 1.15 bits per heavy atom. The Labute approximate surface area is 590 Å². The summed E-state index contributed by atoms with van der Waals surface area (Å²) in [7, 11) is -2.07. The van der Waals surface area contributed by atoms with Crippen LogP contribution in [0.5, 0.6) is 0 Å². The van der Waals surface area contributed by atoms with Crippen LogP contribution in [0.15, 0.2) is 20.5 Å². The maximum absolute atomic E-state index is 11.8. The molecule has 9 N–H and O–H groups in total. The van der Waals surface area contributed by atoms with Gasteiger partial charge in [0.15, 0.2) is 0 Å². The van der Waals surface area contributed by atoms with Crippen molar-refractivity contribution in [2.24, 2.45) is 56.0 Å². The predicted octanol–water partition coefficient (Wildman–Crippen LogP) is 3.99. The van der Waals surface area contributed by atoms with E-state index in [-0.39, 0.29) is 61.2 Å². The number of nitrogens with zero attached hydrogens (tertiary/aromatic N) is 14. The molecule has 6 fully saturated rings. The molecule has 0 bridgehead atoms. The molecule has 6 rings (SSSR count). The molecule has 0 saturated carbocycles. The van der Waals surface area contributed by atoms with Crippen LogP contribution in [0.2, 0.25) is 0 Å². The van der Waals surface area contributed by atoms with Gasteiger partial charge in [-0.2, -0.15) is 8.42 Å². The lowest BCUT2D eigenvalue weighted by atomic mass is 9.97. The maximum atomic E-state index is 11.8. The summed E-state index contributed by atoms with van der Waals surface area (Å²) < 4.78 is 65.5. The zero-order chi connectivity index (χ0) is 73.4. The van der Waals surface area contributed by atoms with E-state index in [9.17, 15) is 40.8 Å². The SMILES string of the molecule is CC(C)(C)OC(=O)N1CCC(CN=[N+]=[N-])CC1.CC(C)(C)OC(=O)N1CCC(CO)CC1.CC(C)(C)OC(=O)N1CCC(COS(C)(=O)=O)CC1.CCOC(=O)C=N.CS(=O)(=O)Cl.O.OCC1CCNCC1.[Cl-].[N-]=[N+]=NCC1CCN(C(=O)/C=N/O)CC1.[N-]=[N+]=NCC1CC[NH2+]CC1. The third kappa shape index (κ3) is 57.9. The molecule has 6 aliphatic rings. The van der Waals surface area contributed by atoms with Crippen molar-refractivity contribution >= 4 is 72.4 Å². The van der Waals surface area contributed by atoms with Gasteiger partial charge >= 0.3 is 24.2 Å². The van der Waals surface area contributed by atoms with Crippen molar-refractivity contribution in [3.63, 3.8) is 0 Å². The van der Waals surface area contributed by atoms with E-state index >= 15 is 0 Å². The van der Waals surface area contributed by atoms with Crippen LogP contribution in [0.3, 0.4) is 0 Å². The molecule has 0 aromatic rings. The average molecular weight is 1490 g/mol. The van der Waals surface area contributed by atoms with E-state index in [0.717, 1.165) is 96.0 Å². The number of esters is 1. The number of piperidine rings is 6. The number of hydrogen-bond acceptors (Lipinski definition) is 23. The number of ether oxygens (including phenoxy) is 4. The molecule has 0 aromatic heterocycles.